The Bertz CT molecular complexity index is 1140. The van der Waals surface area contributed by atoms with Gasteiger partial charge >= 0.3 is 0 Å². The molecule has 0 aliphatic carbocycles. The molecule has 0 atom stereocenters. The number of aromatic amines is 1. The third kappa shape index (κ3) is 2.76. The second-order valence-corrected chi connectivity index (χ2v) is 8.38. The van der Waals surface area contributed by atoms with Gasteiger partial charge in [-0.2, -0.15) is 0 Å². The molecule has 1 fully saturated rings. The Labute approximate surface area is 167 Å². The smallest absolute Gasteiger partial charge is 0.256 e. The Hall–Kier alpha value is -2.86. The van der Waals surface area contributed by atoms with Crippen molar-refractivity contribution in [2.45, 2.75) is 13.8 Å². The minimum absolute atomic E-state index is 0.105. The fourth-order valence-corrected chi connectivity index (χ4v) is 5.07. The number of aromatic nitrogens is 2. The number of amides is 1. The molecule has 1 aliphatic rings. The fourth-order valence-electron chi connectivity index (χ4n) is 3.90. The first-order chi connectivity index (χ1) is 13.6. The Balaban J connectivity index is 1.34. The summed E-state index contributed by atoms with van der Waals surface area (Å²) in [5.41, 5.74) is 5.37. The van der Waals surface area contributed by atoms with Crippen molar-refractivity contribution in [2.24, 2.45) is 0 Å². The first-order valence-electron chi connectivity index (χ1n) is 9.59. The number of carbonyl (C=O) groups is 1. The molecular formula is C22H22N4OS. The molecule has 0 spiro atoms. The van der Waals surface area contributed by atoms with Crippen LogP contribution in [0, 0.1) is 13.8 Å². The van der Waals surface area contributed by atoms with Crippen molar-refractivity contribution < 1.29 is 4.79 Å². The number of anilines is 1. The maximum atomic E-state index is 13.0. The molecule has 2 aromatic carbocycles. The number of rotatable bonds is 2. The van der Waals surface area contributed by atoms with E-state index in [-0.39, 0.29) is 5.91 Å². The molecule has 1 aliphatic heterocycles. The van der Waals surface area contributed by atoms with Gasteiger partial charge < -0.3 is 14.8 Å². The van der Waals surface area contributed by atoms with Crippen LogP contribution >= 0.6 is 11.3 Å². The first-order valence-corrected chi connectivity index (χ1v) is 10.4. The highest BCUT2D eigenvalue weighted by molar-refractivity contribution is 7.22. The van der Waals surface area contributed by atoms with Crippen LogP contribution < -0.4 is 4.90 Å². The van der Waals surface area contributed by atoms with Crippen LogP contribution in [0.2, 0.25) is 0 Å². The number of thiazole rings is 1. The summed E-state index contributed by atoms with van der Waals surface area (Å²) in [5, 5.41) is 2.05. The quantitative estimate of drug-likeness (QED) is 0.553. The van der Waals surface area contributed by atoms with Crippen molar-refractivity contribution in [3.63, 3.8) is 0 Å². The molecule has 1 saturated heterocycles. The largest absolute Gasteiger partial charge is 0.360 e. The number of benzene rings is 2. The van der Waals surface area contributed by atoms with E-state index >= 15 is 0 Å². The van der Waals surface area contributed by atoms with Crippen molar-refractivity contribution in [2.75, 3.05) is 31.1 Å². The molecule has 28 heavy (non-hydrogen) atoms. The number of carbonyl (C=O) groups excluding carboxylic acids is 1. The van der Waals surface area contributed by atoms with E-state index in [1.54, 1.807) is 11.3 Å². The third-order valence-electron chi connectivity index (χ3n) is 5.59. The second kappa shape index (κ2) is 6.63. The Morgan fingerprint density at radius 2 is 1.79 bits per heavy atom. The second-order valence-electron chi connectivity index (χ2n) is 7.40. The van der Waals surface area contributed by atoms with Crippen molar-refractivity contribution in [1.29, 1.82) is 0 Å². The number of H-pyrrole nitrogens is 1. The van der Waals surface area contributed by atoms with Crippen LogP contribution in [0.1, 0.15) is 21.5 Å². The standard InChI is InChI=1S/C22H22N4OS/c1-14-7-8-15(2)20-19(14)24-22(28-20)26-11-9-25(10-12-26)21(27)17-13-23-18-6-4-3-5-16(17)18/h3-8,13,23H,9-12H2,1-2H3. The van der Waals surface area contributed by atoms with Gasteiger partial charge in [-0.25, -0.2) is 4.98 Å². The van der Waals surface area contributed by atoms with Crippen LogP contribution in [0.5, 0.6) is 0 Å². The molecule has 5 nitrogen and oxygen atoms in total. The highest BCUT2D eigenvalue weighted by Crippen LogP contribution is 2.33. The van der Waals surface area contributed by atoms with Gasteiger partial charge in [-0.15, -0.1) is 0 Å². The lowest BCUT2D eigenvalue weighted by Gasteiger charge is -2.34. The molecule has 4 aromatic rings. The van der Waals surface area contributed by atoms with E-state index < -0.39 is 0 Å². The number of fused-ring (bicyclic) bond motifs is 2. The van der Waals surface area contributed by atoms with Crippen LogP contribution in [-0.2, 0) is 0 Å². The lowest BCUT2D eigenvalue weighted by Crippen LogP contribution is -2.48. The number of nitrogens with one attached hydrogen (secondary N) is 1. The van der Waals surface area contributed by atoms with E-state index in [2.05, 4.69) is 35.9 Å². The third-order valence-corrected chi connectivity index (χ3v) is 6.84. The molecule has 142 valence electrons. The van der Waals surface area contributed by atoms with Gasteiger partial charge in [-0.3, -0.25) is 4.79 Å². The summed E-state index contributed by atoms with van der Waals surface area (Å²) in [4.78, 5) is 25.4. The lowest BCUT2D eigenvalue weighted by atomic mass is 10.1. The van der Waals surface area contributed by atoms with Gasteiger partial charge in [0.15, 0.2) is 5.13 Å². The maximum Gasteiger partial charge on any atom is 0.256 e. The van der Waals surface area contributed by atoms with Gasteiger partial charge in [-0.05, 0) is 31.0 Å². The van der Waals surface area contributed by atoms with Crippen molar-refractivity contribution in [1.82, 2.24) is 14.9 Å². The molecule has 3 heterocycles. The Morgan fingerprint density at radius 1 is 1.04 bits per heavy atom. The molecule has 6 heteroatoms. The summed E-state index contributed by atoms with van der Waals surface area (Å²) in [6, 6.07) is 12.3. The highest BCUT2D eigenvalue weighted by Gasteiger charge is 2.25. The monoisotopic (exact) mass is 390 g/mol. The molecule has 0 saturated carbocycles. The maximum absolute atomic E-state index is 13.0. The number of hydrogen-bond donors (Lipinski definition) is 1. The molecule has 0 radical (unpaired) electrons. The highest BCUT2D eigenvalue weighted by atomic mass is 32.1. The average molecular weight is 391 g/mol. The first kappa shape index (κ1) is 17.3. The number of para-hydroxylation sites is 1. The van der Waals surface area contributed by atoms with E-state index in [0.717, 1.165) is 40.2 Å². The van der Waals surface area contributed by atoms with Crippen molar-refractivity contribution >= 4 is 43.5 Å². The Kier molecular flexibility index (Phi) is 4.09. The zero-order valence-corrected chi connectivity index (χ0v) is 16.8. The number of piperazine rings is 1. The molecule has 0 bridgehead atoms. The predicted molar refractivity (Wildman–Crippen MR) is 116 cm³/mol. The summed E-state index contributed by atoms with van der Waals surface area (Å²) < 4.78 is 1.27. The molecule has 1 amide bonds. The predicted octanol–water partition coefficient (Wildman–Crippen LogP) is 4.36. The van der Waals surface area contributed by atoms with Gasteiger partial charge in [0.1, 0.15) is 0 Å². The normalized spacial score (nSPS) is 14.9. The number of aryl methyl sites for hydroxylation is 2. The molecule has 1 N–H and O–H groups in total. The van der Waals surface area contributed by atoms with Crippen LogP contribution in [0.3, 0.4) is 0 Å². The molecule has 5 rings (SSSR count). The van der Waals surface area contributed by atoms with Gasteiger partial charge in [0.05, 0.1) is 15.8 Å². The number of nitrogens with zero attached hydrogens (tertiary/aromatic N) is 3. The van der Waals surface area contributed by atoms with Crippen LogP contribution in [0.15, 0.2) is 42.6 Å². The molecule has 2 aromatic heterocycles. The molecule has 0 unspecified atom stereocenters. The van der Waals surface area contributed by atoms with E-state index in [4.69, 9.17) is 4.98 Å². The van der Waals surface area contributed by atoms with E-state index in [1.165, 1.54) is 15.8 Å². The summed E-state index contributed by atoms with van der Waals surface area (Å²) in [6.45, 7) is 7.31. The Morgan fingerprint density at radius 3 is 2.57 bits per heavy atom. The summed E-state index contributed by atoms with van der Waals surface area (Å²) in [5.74, 6) is 0.105. The minimum atomic E-state index is 0.105. The topological polar surface area (TPSA) is 52.2 Å². The van der Waals surface area contributed by atoms with Gasteiger partial charge in [0.25, 0.3) is 5.91 Å². The van der Waals surface area contributed by atoms with Gasteiger partial charge in [0.2, 0.25) is 0 Å². The summed E-state index contributed by atoms with van der Waals surface area (Å²) in [6.07, 6.45) is 1.83. The zero-order valence-electron chi connectivity index (χ0n) is 16.0. The summed E-state index contributed by atoms with van der Waals surface area (Å²) in [7, 11) is 0. The van der Waals surface area contributed by atoms with Crippen LogP contribution in [0.25, 0.3) is 21.1 Å². The lowest BCUT2D eigenvalue weighted by molar-refractivity contribution is 0.0749. The number of hydrogen-bond acceptors (Lipinski definition) is 4. The SMILES string of the molecule is Cc1ccc(C)c2sc(N3CCN(C(=O)c4c[nH]c5ccccc45)CC3)nc12. The minimum Gasteiger partial charge on any atom is -0.360 e. The van der Waals surface area contributed by atoms with Crippen molar-refractivity contribution in [3.8, 4) is 0 Å². The average Bonchev–Trinajstić information content (AvgIpc) is 3.36. The van der Waals surface area contributed by atoms with Crippen LogP contribution in [0.4, 0.5) is 5.13 Å². The van der Waals surface area contributed by atoms with Crippen molar-refractivity contribution in [3.05, 3.63) is 59.3 Å². The van der Waals surface area contributed by atoms with E-state index in [9.17, 15) is 4.79 Å². The fraction of sp³-hybridized carbons (Fsp3) is 0.273. The summed E-state index contributed by atoms with van der Waals surface area (Å²) >= 11 is 1.76. The molecular weight excluding hydrogens is 368 g/mol. The van der Waals surface area contributed by atoms with Gasteiger partial charge in [0, 0.05) is 43.3 Å². The van der Waals surface area contributed by atoms with Gasteiger partial charge in [-0.1, -0.05) is 41.7 Å². The van der Waals surface area contributed by atoms with Crippen LogP contribution in [-0.4, -0.2) is 47.0 Å². The van der Waals surface area contributed by atoms with E-state index in [0.29, 0.717) is 13.1 Å². The zero-order chi connectivity index (χ0) is 19.3. The van der Waals surface area contributed by atoms with E-state index in [1.807, 2.05) is 35.4 Å².